The Bertz CT molecular complexity index is 262. The number of hydrogen-bond acceptors (Lipinski definition) is 2. The minimum Gasteiger partial charge on any atom is -0.211 e. The van der Waals surface area contributed by atoms with Gasteiger partial charge in [0.2, 0.25) is 6.08 Å². The van der Waals surface area contributed by atoms with Gasteiger partial charge in [0.05, 0.1) is 5.54 Å². The molecule has 0 spiro atoms. The van der Waals surface area contributed by atoms with Crippen molar-refractivity contribution in [3.05, 3.63) is 0 Å². The molecule has 2 nitrogen and oxygen atoms in total. The van der Waals surface area contributed by atoms with Crippen LogP contribution in [0.3, 0.4) is 0 Å². The van der Waals surface area contributed by atoms with E-state index in [0.717, 1.165) is 12.8 Å². The lowest BCUT2D eigenvalue weighted by atomic mass is 9.70. The summed E-state index contributed by atoms with van der Waals surface area (Å²) >= 11 is 0. The molecule has 2 fully saturated rings. The van der Waals surface area contributed by atoms with Gasteiger partial charge in [-0.15, -0.1) is 0 Å². The molecule has 0 amide bonds. The van der Waals surface area contributed by atoms with Crippen molar-refractivity contribution < 1.29 is 4.79 Å². The molecular weight excluding hydrogens is 174 g/mol. The Morgan fingerprint density at radius 1 is 1.14 bits per heavy atom. The predicted octanol–water partition coefficient (Wildman–Crippen LogP) is 3.07. The van der Waals surface area contributed by atoms with E-state index in [1.807, 2.05) is 0 Å². The summed E-state index contributed by atoms with van der Waals surface area (Å²) in [6.07, 6.45) is 9.07. The summed E-state index contributed by atoms with van der Waals surface area (Å²) in [5, 5.41) is 0. The van der Waals surface area contributed by atoms with E-state index < -0.39 is 0 Å². The Balaban J connectivity index is 1.99. The molecule has 0 aromatic carbocycles. The first kappa shape index (κ1) is 9.92. The van der Waals surface area contributed by atoms with Gasteiger partial charge in [-0.1, -0.05) is 13.8 Å². The third kappa shape index (κ3) is 1.76. The Morgan fingerprint density at radius 2 is 1.71 bits per heavy atom. The van der Waals surface area contributed by atoms with E-state index in [1.165, 1.54) is 25.7 Å². The van der Waals surface area contributed by atoms with Crippen LogP contribution in [0.15, 0.2) is 4.99 Å². The molecule has 0 radical (unpaired) electrons. The van der Waals surface area contributed by atoms with Crippen molar-refractivity contribution >= 4 is 6.08 Å². The van der Waals surface area contributed by atoms with Crippen LogP contribution >= 0.6 is 0 Å². The zero-order valence-electron chi connectivity index (χ0n) is 9.18. The van der Waals surface area contributed by atoms with Crippen LogP contribution in [0, 0.1) is 11.3 Å². The van der Waals surface area contributed by atoms with E-state index in [9.17, 15) is 4.79 Å². The molecule has 0 atom stereocenters. The number of carbonyl (C=O) groups excluding carboxylic acids is 1. The van der Waals surface area contributed by atoms with Crippen LogP contribution in [0.5, 0.6) is 0 Å². The number of hydrogen-bond donors (Lipinski definition) is 0. The summed E-state index contributed by atoms with van der Waals surface area (Å²) in [5.41, 5.74) is 0.551. The van der Waals surface area contributed by atoms with Crippen LogP contribution < -0.4 is 0 Å². The van der Waals surface area contributed by atoms with Gasteiger partial charge in [-0.05, 0) is 49.9 Å². The van der Waals surface area contributed by atoms with E-state index >= 15 is 0 Å². The second-order valence-corrected chi connectivity index (χ2v) is 5.75. The summed E-state index contributed by atoms with van der Waals surface area (Å²) in [7, 11) is 0. The maximum Gasteiger partial charge on any atom is 0.235 e. The van der Waals surface area contributed by atoms with Crippen molar-refractivity contribution in [2.45, 2.75) is 57.9 Å². The van der Waals surface area contributed by atoms with E-state index in [4.69, 9.17) is 0 Å². The van der Waals surface area contributed by atoms with Crippen molar-refractivity contribution in [1.29, 1.82) is 0 Å². The fourth-order valence-corrected chi connectivity index (χ4v) is 2.77. The van der Waals surface area contributed by atoms with Crippen LogP contribution in [-0.2, 0) is 4.79 Å². The largest absolute Gasteiger partial charge is 0.235 e. The SMILES string of the molecule is CC1(C)CCC(C2(N=C=O)CC2)CC1. The molecule has 2 heteroatoms. The number of aliphatic imine (C=N–C) groups is 1. The zero-order valence-corrected chi connectivity index (χ0v) is 9.18. The first-order valence-electron chi connectivity index (χ1n) is 5.67. The molecule has 0 unspecified atom stereocenters. The lowest BCUT2D eigenvalue weighted by molar-refractivity contribution is 0.167. The minimum atomic E-state index is 0.0399. The molecule has 0 aromatic heterocycles. The second-order valence-electron chi connectivity index (χ2n) is 5.75. The van der Waals surface area contributed by atoms with Crippen LogP contribution in [0.25, 0.3) is 0 Å². The highest BCUT2D eigenvalue weighted by Gasteiger charge is 2.50. The average Bonchev–Trinajstić information content (AvgIpc) is 2.86. The minimum absolute atomic E-state index is 0.0399. The molecule has 2 saturated carbocycles. The van der Waals surface area contributed by atoms with E-state index in [0.29, 0.717) is 11.3 Å². The summed E-state index contributed by atoms with van der Waals surface area (Å²) in [5.74, 6) is 0.664. The van der Waals surface area contributed by atoms with Crippen molar-refractivity contribution in [1.82, 2.24) is 0 Å². The summed E-state index contributed by atoms with van der Waals surface area (Å²) < 4.78 is 0. The number of isocyanates is 1. The van der Waals surface area contributed by atoms with Gasteiger partial charge in [-0.25, -0.2) is 4.79 Å². The third-order valence-electron chi connectivity index (χ3n) is 4.13. The normalized spacial score (nSPS) is 29.3. The average molecular weight is 193 g/mol. The van der Waals surface area contributed by atoms with Gasteiger partial charge in [-0.3, -0.25) is 0 Å². The monoisotopic (exact) mass is 193 g/mol. The van der Waals surface area contributed by atoms with Crippen molar-refractivity contribution in [2.24, 2.45) is 16.3 Å². The molecule has 78 valence electrons. The Labute approximate surface area is 85.8 Å². The maximum absolute atomic E-state index is 10.3. The topological polar surface area (TPSA) is 29.4 Å². The van der Waals surface area contributed by atoms with Gasteiger partial charge in [0.1, 0.15) is 0 Å². The molecule has 0 saturated heterocycles. The van der Waals surface area contributed by atoms with Crippen LogP contribution in [0.2, 0.25) is 0 Å². The number of nitrogens with zero attached hydrogens (tertiary/aromatic N) is 1. The fraction of sp³-hybridized carbons (Fsp3) is 0.917. The van der Waals surface area contributed by atoms with Crippen molar-refractivity contribution in [3.63, 3.8) is 0 Å². The van der Waals surface area contributed by atoms with E-state index in [-0.39, 0.29) is 5.54 Å². The van der Waals surface area contributed by atoms with Gasteiger partial charge < -0.3 is 0 Å². The van der Waals surface area contributed by atoms with Crippen LogP contribution in [-0.4, -0.2) is 11.6 Å². The standard InChI is InChI=1S/C12H19NO/c1-11(2)5-3-10(4-6-11)12(7-8-12)13-9-14/h10H,3-8H2,1-2H3. The van der Waals surface area contributed by atoms with Crippen LogP contribution in [0.1, 0.15) is 52.4 Å². The second kappa shape index (κ2) is 3.20. The lowest BCUT2D eigenvalue weighted by Gasteiger charge is -2.36. The molecule has 0 aliphatic heterocycles. The Morgan fingerprint density at radius 3 is 2.14 bits per heavy atom. The quantitative estimate of drug-likeness (QED) is 0.489. The molecule has 2 aliphatic rings. The molecule has 0 aromatic rings. The molecule has 14 heavy (non-hydrogen) atoms. The predicted molar refractivity (Wildman–Crippen MR) is 55.8 cm³/mol. The molecule has 2 aliphatic carbocycles. The first-order valence-corrected chi connectivity index (χ1v) is 5.67. The van der Waals surface area contributed by atoms with Gasteiger partial charge in [0, 0.05) is 0 Å². The summed E-state index contributed by atoms with van der Waals surface area (Å²) in [6, 6.07) is 0. The summed E-state index contributed by atoms with van der Waals surface area (Å²) in [4.78, 5) is 14.4. The highest BCUT2D eigenvalue weighted by Crippen LogP contribution is 2.53. The molecular formula is C12H19NO. The Hall–Kier alpha value is -0.620. The zero-order chi connectivity index (χ0) is 10.2. The number of rotatable bonds is 2. The third-order valence-corrected chi connectivity index (χ3v) is 4.13. The molecule has 2 rings (SSSR count). The van der Waals surface area contributed by atoms with Gasteiger partial charge in [-0.2, -0.15) is 4.99 Å². The van der Waals surface area contributed by atoms with Gasteiger partial charge in [0.25, 0.3) is 0 Å². The molecule has 0 heterocycles. The van der Waals surface area contributed by atoms with Gasteiger partial charge in [0.15, 0.2) is 0 Å². The fourth-order valence-electron chi connectivity index (χ4n) is 2.77. The highest BCUT2D eigenvalue weighted by molar-refractivity contribution is 5.37. The van der Waals surface area contributed by atoms with Crippen LogP contribution in [0.4, 0.5) is 0 Å². The summed E-state index contributed by atoms with van der Waals surface area (Å²) in [6.45, 7) is 4.68. The Kier molecular flexibility index (Phi) is 2.27. The van der Waals surface area contributed by atoms with E-state index in [1.54, 1.807) is 6.08 Å². The van der Waals surface area contributed by atoms with Crippen molar-refractivity contribution in [3.8, 4) is 0 Å². The first-order chi connectivity index (χ1) is 6.58. The highest BCUT2D eigenvalue weighted by atomic mass is 16.1. The molecule has 0 N–H and O–H groups in total. The van der Waals surface area contributed by atoms with E-state index in [2.05, 4.69) is 18.8 Å². The smallest absolute Gasteiger partial charge is 0.211 e. The lowest BCUT2D eigenvalue weighted by Crippen LogP contribution is -2.29. The maximum atomic E-state index is 10.3. The van der Waals surface area contributed by atoms with Crippen molar-refractivity contribution in [2.75, 3.05) is 0 Å². The molecule has 0 bridgehead atoms. The van der Waals surface area contributed by atoms with Gasteiger partial charge >= 0.3 is 0 Å².